The van der Waals surface area contributed by atoms with Gasteiger partial charge in [-0.1, -0.05) is 44.2 Å². The van der Waals surface area contributed by atoms with Crippen molar-refractivity contribution in [3.63, 3.8) is 0 Å². The number of piperidine rings is 1. The van der Waals surface area contributed by atoms with Gasteiger partial charge in [0, 0.05) is 25.3 Å². The lowest BCUT2D eigenvalue weighted by Crippen LogP contribution is -2.44. The highest BCUT2D eigenvalue weighted by atomic mass is 16.6. The van der Waals surface area contributed by atoms with Gasteiger partial charge in [0.05, 0.1) is 5.70 Å². The maximum atomic E-state index is 12.1. The number of carbonyl (C=O) groups excluding carboxylic acids is 1. The molecule has 0 atom stereocenters. The zero-order valence-corrected chi connectivity index (χ0v) is 14.4. The van der Waals surface area contributed by atoms with Crippen molar-refractivity contribution in [1.29, 1.82) is 5.53 Å². The number of amides is 1. The largest absolute Gasteiger partial charge is 0.445 e. The van der Waals surface area contributed by atoms with Crippen LogP contribution in [0.15, 0.2) is 47.3 Å². The molecule has 0 radical (unpaired) electrons. The third-order valence-electron chi connectivity index (χ3n) is 4.15. The Hall–Kier alpha value is -2.37. The van der Waals surface area contributed by atoms with Gasteiger partial charge in [0.15, 0.2) is 0 Å². The van der Waals surface area contributed by atoms with Crippen LogP contribution in [-0.4, -0.2) is 30.1 Å². The molecule has 6 nitrogen and oxygen atoms in total. The molecule has 2 N–H and O–H groups in total. The highest BCUT2D eigenvalue weighted by Gasteiger charge is 2.23. The van der Waals surface area contributed by atoms with E-state index in [0.29, 0.717) is 25.7 Å². The first kappa shape index (κ1) is 18.0. The summed E-state index contributed by atoms with van der Waals surface area (Å²) in [6.07, 6.45) is 3.30. The summed E-state index contributed by atoms with van der Waals surface area (Å²) in [5.74, 6) is 0.225. The number of hydrogen-bond acceptors (Lipinski definition) is 5. The van der Waals surface area contributed by atoms with E-state index in [1.54, 1.807) is 4.90 Å². The molecule has 1 aromatic rings. The molecule has 1 aliphatic rings. The van der Waals surface area contributed by atoms with Gasteiger partial charge in [0.25, 0.3) is 0 Å². The van der Waals surface area contributed by atoms with Crippen LogP contribution < -0.4 is 5.32 Å². The Kier molecular flexibility index (Phi) is 6.78. The maximum Gasteiger partial charge on any atom is 0.410 e. The lowest BCUT2D eigenvalue weighted by atomic mass is 10.1. The van der Waals surface area contributed by atoms with Gasteiger partial charge in [-0.05, 0) is 24.3 Å². The van der Waals surface area contributed by atoms with Crippen molar-refractivity contribution in [1.82, 2.24) is 10.2 Å². The lowest BCUT2D eigenvalue weighted by Gasteiger charge is -2.31. The summed E-state index contributed by atoms with van der Waals surface area (Å²) < 4.78 is 5.36. The minimum atomic E-state index is -0.253. The van der Waals surface area contributed by atoms with E-state index < -0.39 is 0 Å². The molecule has 0 aromatic heterocycles. The molecule has 2 rings (SSSR count). The van der Waals surface area contributed by atoms with Crippen LogP contribution >= 0.6 is 0 Å². The number of hydrogen-bond donors (Lipinski definition) is 2. The Bertz CT molecular complexity index is 564. The van der Waals surface area contributed by atoms with Crippen LogP contribution in [-0.2, 0) is 11.3 Å². The first-order chi connectivity index (χ1) is 11.6. The SMILES string of the molecule is CC(C)/C(=C/NC1CCN(C(=O)OCc2ccccc2)CC1)N=N. The molecule has 0 aliphatic carbocycles. The molecular formula is C18H26N4O2. The third-order valence-corrected chi connectivity index (χ3v) is 4.15. The van der Waals surface area contributed by atoms with Gasteiger partial charge in [-0.3, -0.25) is 0 Å². The van der Waals surface area contributed by atoms with Gasteiger partial charge in [-0.2, -0.15) is 5.11 Å². The summed E-state index contributed by atoms with van der Waals surface area (Å²) in [6, 6.07) is 10.00. The van der Waals surface area contributed by atoms with Crippen molar-refractivity contribution in [3.05, 3.63) is 47.8 Å². The Labute approximate surface area is 143 Å². The zero-order valence-electron chi connectivity index (χ0n) is 14.4. The van der Waals surface area contributed by atoms with Gasteiger partial charge in [-0.15, -0.1) is 0 Å². The van der Waals surface area contributed by atoms with Crippen molar-refractivity contribution in [2.75, 3.05) is 13.1 Å². The van der Waals surface area contributed by atoms with Crippen molar-refractivity contribution < 1.29 is 9.53 Å². The summed E-state index contributed by atoms with van der Waals surface area (Å²) in [4.78, 5) is 13.9. The number of benzene rings is 1. The molecule has 1 aliphatic heterocycles. The van der Waals surface area contributed by atoms with E-state index in [-0.39, 0.29) is 12.0 Å². The Morgan fingerprint density at radius 2 is 2.04 bits per heavy atom. The smallest absolute Gasteiger partial charge is 0.410 e. The molecule has 0 spiro atoms. The van der Waals surface area contributed by atoms with E-state index in [2.05, 4.69) is 10.4 Å². The van der Waals surface area contributed by atoms with E-state index in [4.69, 9.17) is 10.3 Å². The van der Waals surface area contributed by atoms with E-state index >= 15 is 0 Å². The molecule has 1 heterocycles. The number of rotatable bonds is 6. The molecular weight excluding hydrogens is 304 g/mol. The standard InChI is InChI=1S/C18H26N4O2/c1-14(2)17(21-19)12-20-16-8-10-22(11-9-16)18(23)24-13-15-6-4-3-5-7-15/h3-7,12,14,16,19-20H,8-11,13H2,1-2H3/b17-12-,21-19?. The number of nitrogens with zero attached hydrogens (tertiary/aromatic N) is 2. The van der Waals surface area contributed by atoms with Crippen molar-refractivity contribution in [2.45, 2.75) is 39.3 Å². The van der Waals surface area contributed by atoms with Crippen LogP contribution in [0.5, 0.6) is 0 Å². The van der Waals surface area contributed by atoms with Crippen molar-refractivity contribution >= 4 is 6.09 Å². The van der Waals surface area contributed by atoms with Gasteiger partial charge in [0.1, 0.15) is 6.61 Å². The molecule has 0 bridgehead atoms. The molecule has 1 saturated heterocycles. The molecule has 24 heavy (non-hydrogen) atoms. The fourth-order valence-electron chi connectivity index (χ4n) is 2.57. The van der Waals surface area contributed by atoms with E-state index in [1.807, 2.05) is 50.4 Å². The fraction of sp³-hybridized carbons (Fsp3) is 0.500. The molecule has 0 unspecified atom stereocenters. The van der Waals surface area contributed by atoms with Crippen molar-refractivity contribution in [3.8, 4) is 0 Å². The first-order valence-electron chi connectivity index (χ1n) is 8.39. The normalized spacial score (nSPS) is 16.1. The fourth-order valence-corrected chi connectivity index (χ4v) is 2.57. The summed E-state index contributed by atoms with van der Waals surface area (Å²) in [7, 11) is 0. The average Bonchev–Trinajstić information content (AvgIpc) is 2.61. The molecule has 0 saturated carbocycles. The topological polar surface area (TPSA) is 77.8 Å². The highest BCUT2D eigenvalue weighted by molar-refractivity contribution is 5.67. The van der Waals surface area contributed by atoms with Gasteiger partial charge in [-0.25, -0.2) is 10.3 Å². The Balaban J connectivity index is 1.74. The summed E-state index contributed by atoms with van der Waals surface area (Å²) >= 11 is 0. The zero-order chi connectivity index (χ0) is 17.4. The Morgan fingerprint density at radius 1 is 1.38 bits per heavy atom. The van der Waals surface area contributed by atoms with Crippen LogP contribution in [0.4, 0.5) is 4.79 Å². The Morgan fingerprint density at radius 3 is 2.62 bits per heavy atom. The van der Waals surface area contributed by atoms with E-state index in [0.717, 1.165) is 24.1 Å². The highest BCUT2D eigenvalue weighted by Crippen LogP contribution is 2.14. The van der Waals surface area contributed by atoms with Crippen molar-refractivity contribution in [2.24, 2.45) is 11.0 Å². The summed E-state index contributed by atoms with van der Waals surface area (Å²) in [5, 5.41) is 6.85. The third kappa shape index (κ3) is 5.37. The van der Waals surface area contributed by atoms with Gasteiger partial charge < -0.3 is 15.0 Å². The van der Waals surface area contributed by atoms with Crippen LogP contribution in [0, 0.1) is 11.4 Å². The van der Waals surface area contributed by atoms with E-state index in [9.17, 15) is 4.79 Å². The number of ether oxygens (including phenoxy) is 1. The maximum absolute atomic E-state index is 12.1. The molecule has 6 heteroatoms. The van der Waals surface area contributed by atoms with Crippen LogP contribution in [0.2, 0.25) is 0 Å². The lowest BCUT2D eigenvalue weighted by molar-refractivity contribution is 0.0861. The first-order valence-corrected chi connectivity index (χ1v) is 8.39. The number of likely N-dealkylation sites (tertiary alicyclic amines) is 1. The average molecular weight is 330 g/mol. The second-order valence-corrected chi connectivity index (χ2v) is 6.30. The number of allylic oxidation sites excluding steroid dienone is 1. The van der Waals surface area contributed by atoms with E-state index in [1.165, 1.54) is 0 Å². The van der Waals surface area contributed by atoms with Gasteiger partial charge in [0.2, 0.25) is 0 Å². The summed E-state index contributed by atoms with van der Waals surface area (Å²) in [6.45, 7) is 5.68. The van der Waals surface area contributed by atoms with Crippen LogP contribution in [0.1, 0.15) is 32.3 Å². The molecule has 1 amide bonds. The number of nitrogens with one attached hydrogen (secondary N) is 2. The minimum Gasteiger partial charge on any atom is -0.445 e. The second kappa shape index (κ2) is 9.05. The second-order valence-electron chi connectivity index (χ2n) is 6.30. The monoisotopic (exact) mass is 330 g/mol. The van der Waals surface area contributed by atoms with Crippen LogP contribution in [0.25, 0.3) is 0 Å². The predicted molar refractivity (Wildman–Crippen MR) is 92.4 cm³/mol. The molecule has 1 aromatic carbocycles. The molecule has 130 valence electrons. The molecule has 1 fully saturated rings. The number of carbonyl (C=O) groups is 1. The van der Waals surface area contributed by atoms with Crippen LogP contribution in [0.3, 0.4) is 0 Å². The quantitative estimate of drug-likeness (QED) is 0.776. The van der Waals surface area contributed by atoms with Gasteiger partial charge >= 0.3 is 6.09 Å². The predicted octanol–water partition coefficient (Wildman–Crippen LogP) is 3.91. The summed E-state index contributed by atoms with van der Waals surface area (Å²) in [5.41, 5.74) is 8.89. The minimum absolute atomic E-state index is 0.225.